The number of amides is 2. The van der Waals surface area contributed by atoms with Crippen LogP contribution in [-0.4, -0.2) is 42.3 Å². The normalized spacial score (nSPS) is 10.3. The standard InChI is InChI=1S/C14H17F3N2O2/c1-2-5-19(6-7-20)14(21)18-4-3-10-8-11(15)13(17)12(16)9-10/h2,8-9,20H,1,3-7H2,(H,18,21). The van der Waals surface area contributed by atoms with E-state index < -0.39 is 23.5 Å². The fourth-order valence-corrected chi connectivity index (χ4v) is 1.73. The van der Waals surface area contributed by atoms with Gasteiger partial charge in [-0.2, -0.15) is 0 Å². The first-order valence-corrected chi connectivity index (χ1v) is 6.37. The summed E-state index contributed by atoms with van der Waals surface area (Å²) in [5.41, 5.74) is 0.240. The quantitative estimate of drug-likeness (QED) is 0.596. The van der Waals surface area contributed by atoms with Crippen molar-refractivity contribution in [1.29, 1.82) is 0 Å². The molecule has 0 bridgehead atoms. The van der Waals surface area contributed by atoms with Gasteiger partial charge in [-0.3, -0.25) is 0 Å². The predicted octanol–water partition coefficient (Wildman–Crippen LogP) is 1.84. The van der Waals surface area contributed by atoms with Gasteiger partial charge in [-0.25, -0.2) is 18.0 Å². The minimum absolute atomic E-state index is 0.127. The van der Waals surface area contributed by atoms with Crippen molar-refractivity contribution in [3.05, 3.63) is 47.8 Å². The lowest BCUT2D eigenvalue weighted by atomic mass is 10.1. The number of urea groups is 1. The van der Waals surface area contributed by atoms with E-state index in [1.165, 1.54) is 11.0 Å². The maximum absolute atomic E-state index is 13.0. The van der Waals surface area contributed by atoms with Crippen LogP contribution in [0.5, 0.6) is 0 Å². The molecule has 1 rings (SSSR count). The molecule has 7 heteroatoms. The summed E-state index contributed by atoms with van der Waals surface area (Å²) in [6.07, 6.45) is 1.67. The fraction of sp³-hybridized carbons (Fsp3) is 0.357. The topological polar surface area (TPSA) is 52.6 Å². The van der Waals surface area contributed by atoms with Crippen molar-refractivity contribution in [2.75, 3.05) is 26.2 Å². The molecule has 4 nitrogen and oxygen atoms in total. The Morgan fingerprint density at radius 2 is 1.95 bits per heavy atom. The number of hydrogen-bond acceptors (Lipinski definition) is 2. The summed E-state index contributed by atoms with van der Waals surface area (Å²) in [7, 11) is 0. The average Bonchev–Trinajstić information content (AvgIpc) is 2.44. The highest BCUT2D eigenvalue weighted by Gasteiger charge is 2.12. The Kier molecular flexibility index (Phi) is 6.74. The van der Waals surface area contributed by atoms with Crippen LogP contribution < -0.4 is 5.32 Å². The number of carbonyl (C=O) groups is 1. The van der Waals surface area contributed by atoms with Gasteiger partial charge in [0.05, 0.1) is 6.61 Å². The van der Waals surface area contributed by atoms with Crippen LogP contribution in [0, 0.1) is 17.5 Å². The first-order valence-electron chi connectivity index (χ1n) is 6.37. The van der Waals surface area contributed by atoms with Crippen molar-refractivity contribution in [3.63, 3.8) is 0 Å². The molecular weight excluding hydrogens is 285 g/mol. The highest BCUT2D eigenvalue weighted by Crippen LogP contribution is 2.13. The number of carbonyl (C=O) groups excluding carboxylic acids is 1. The van der Waals surface area contributed by atoms with E-state index in [2.05, 4.69) is 11.9 Å². The Hall–Kier alpha value is -2.02. The molecule has 0 unspecified atom stereocenters. The molecule has 0 heterocycles. The molecule has 0 saturated heterocycles. The van der Waals surface area contributed by atoms with Crippen molar-refractivity contribution in [3.8, 4) is 0 Å². The molecule has 0 fully saturated rings. The molecule has 1 aromatic rings. The molecule has 0 aromatic heterocycles. The SMILES string of the molecule is C=CCN(CCO)C(=O)NCCc1cc(F)c(F)c(F)c1. The third-order valence-corrected chi connectivity index (χ3v) is 2.74. The van der Waals surface area contributed by atoms with E-state index in [1.807, 2.05) is 0 Å². The molecule has 0 radical (unpaired) electrons. The van der Waals surface area contributed by atoms with Gasteiger partial charge in [0.1, 0.15) is 0 Å². The number of aliphatic hydroxyl groups is 1. The van der Waals surface area contributed by atoms with Crippen molar-refractivity contribution in [1.82, 2.24) is 10.2 Å². The van der Waals surface area contributed by atoms with E-state index >= 15 is 0 Å². The number of nitrogens with one attached hydrogen (secondary N) is 1. The zero-order valence-electron chi connectivity index (χ0n) is 11.4. The molecule has 0 aliphatic heterocycles. The molecule has 0 aliphatic rings. The van der Waals surface area contributed by atoms with Crippen LogP contribution in [-0.2, 0) is 6.42 Å². The highest BCUT2D eigenvalue weighted by atomic mass is 19.2. The molecule has 116 valence electrons. The van der Waals surface area contributed by atoms with Crippen LogP contribution >= 0.6 is 0 Å². The maximum Gasteiger partial charge on any atom is 0.317 e. The third kappa shape index (κ3) is 5.11. The van der Waals surface area contributed by atoms with Gasteiger partial charge < -0.3 is 15.3 Å². The van der Waals surface area contributed by atoms with Gasteiger partial charge in [0.15, 0.2) is 17.5 Å². The largest absolute Gasteiger partial charge is 0.395 e. The molecule has 2 amide bonds. The Morgan fingerprint density at radius 3 is 2.48 bits per heavy atom. The number of benzene rings is 1. The average molecular weight is 302 g/mol. The van der Waals surface area contributed by atoms with Gasteiger partial charge in [0, 0.05) is 19.6 Å². The Balaban J connectivity index is 2.52. The molecule has 0 spiro atoms. The smallest absolute Gasteiger partial charge is 0.317 e. The first-order chi connectivity index (χ1) is 9.99. The van der Waals surface area contributed by atoms with Crippen LogP contribution in [0.2, 0.25) is 0 Å². The van der Waals surface area contributed by atoms with Crippen LogP contribution in [0.3, 0.4) is 0 Å². The van der Waals surface area contributed by atoms with Gasteiger partial charge >= 0.3 is 6.03 Å². The van der Waals surface area contributed by atoms with Crippen molar-refractivity contribution >= 4 is 6.03 Å². The van der Waals surface area contributed by atoms with E-state index in [1.54, 1.807) is 0 Å². The van der Waals surface area contributed by atoms with Gasteiger partial charge in [-0.15, -0.1) is 6.58 Å². The van der Waals surface area contributed by atoms with Crippen molar-refractivity contribution in [2.24, 2.45) is 0 Å². The minimum Gasteiger partial charge on any atom is -0.395 e. The third-order valence-electron chi connectivity index (χ3n) is 2.74. The van der Waals surface area contributed by atoms with Crippen LogP contribution in [0.4, 0.5) is 18.0 Å². The predicted molar refractivity (Wildman–Crippen MR) is 72.3 cm³/mol. The second-order valence-corrected chi connectivity index (χ2v) is 4.31. The number of rotatable bonds is 7. The molecule has 0 atom stereocenters. The van der Waals surface area contributed by atoms with E-state index in [4.69, 9.17) is 5.11 Å². The van der Waals surface area contributed by atoms with Crippen molar-refractivity contribution in [2.45, 2.75) is 6.42 Å². The van der Waals surface area contributed by atoms with E-state index in [0.717, 1.165) is 12.1 Å². The van der Waals surface area contributed by atoms with Crippen LogP contribution in [0.1, 0.15) is 5.56 Å². The second kappa shape index (κ2) is 8.31. The van der Waals surface area contributed by atoms with Gasteiger partial charge in [-0.05, 0) is 24.1 Å². The van der Waals surface area contributed by atoms with E-state index in [-0.39, 0.29) is 38.2 Å². The lowest BCUT2D eigenvalue weighted by molar-refractivity contribution is 0.184. The lowest BCUT2D eigenvalue weighted by Crippen LogP contribution is -2.42. The summed E-state index contributed by atoms with van der Waals surface area (Å²) in [5, 5.41) is 11.4. The Morgan fingerprint density at radius 1 is 1.33 bits per heavy atom. The number of hydrogen-bond donors (Lipinski definition) is 2. The molecule has 21 heavy (non-hydrogen) atoms. The lowest BCUT2D eigenvalue weighted by Gasteiger charge is -2.20. The van der Waals surface area contributed by atoms with Crippen LogP contribution in [0.15, 0.2) is 24.8 Å². The fourth-order valence-electron chi connectivity index (χ4n) is 1.73. The molecule has 2 N–H and O–H groups in total. The zero-order valence-corrected chi connectivity index (χ0v) is 11.4. The summed E-state index contributed by atoms with van der Waals surface area (Å²) in [6, 6.07) is 1.35. The molecular formula is C14H17F3N2O2. The van der Waals surface area contributed by atoms with Crippen LogP contribution in [0.25, 0.3) is 0 Å². The zero-order chi connectivity index (χ0) is 15.8. The number of halogens is 3. The summed E-state index contributed by atoms with van der Waals surface area (Å²) in [6.45, 7) is 3.86. The highest BCUT2D eigenvalue weighted by molar-refractivity contribution is 5.74. The molecule has 1 aromatic carbocycles. The Labute approximate surface area is 120 Å². The van der Waals surface area contributed by atoms with Gasteiger partial charge in [0.2, 0.25) is 0 Å². The van der Waals surface area contributed by atoms with Crippen molar-refractivity contribution < 1.29 is 23.1 Å². The molecule has 0 aliphatic carbocycles. The number of nitrogens with zero attached hydrogens (tertiary/aromatic N) is 1. The van der Waals surface area contributed by atoms with E-state index in [0.29, 0.717) is 0 Å². The second-order valence-electron chi connectivity index (χ2n) is 4.31. The summed E-state index contributed by atoms with van der Waals surface area (Å²) >= 11 is 0. The summed E-state index contributed by atoms with van der Waals surface area (Å²) in [4.78, 5) is 13.1. The minimum atomic E-state index is -1.51. The monoisotopic (exact) mass is 302 g/mol. The van der Waals surface area contributed by atoms with E-state index in [9.17, 15) is 18.0 Å². The summed E-state index contributed by atoms with van der Waals surface area (Å²) < 4.78 is 38.8. The first kappa shape index (κ1) is 17.0. The Bertz CT molecular complexity index is 486. The number of aliphatic hydroxyl groups excluding tert-OH is 1. The summed E-state index contributed by atoms with van der Waals surface area (Å²) in [5.74, 6) is -4.03. The van der Waals surface area contributed by atoms with Gasteiger partial charge in [-0.1, -0.05) is 6.08 Å². The van der Waals surface area contributed by atoms with Gasteiger partial charge in [0.25, 0.3) is 0 Å². The maximum atomic E-state index is 13.0. The molecule has 0 saturated carbocycles.